The Balaban J connectivity index is 2.03. The van der Waals surface area contributed by atoms with Gasteiger partial charge in [0.05, 0.1) is 6.04 Å². The third-order valence-corrected chi connectivity index (χ3v) is 3.68. The predicted molar refractivity (Wildman–Crippen MR) is 79.4 cm³/mol. The fraction of sp³-hybridized carbons (Fsp3) is 0.562. The average molecular weight is 294 g/mol. The Morgan fingerprint density at radius 3 is 2.71 bits per heavy atom. The predicted octanol–water partition coefficient (Wildman–Crippen LogP) is 2.11. The van der Waals surface area contributed by atoms with Crippen LogP contribution in [0.5, 0.6) is 0 Å². The van der Waals surface area contributed by atoms with E-state index in [0.29, 0.717) is 6.61 Å². The maximum atomic E-state index is 13.1. The van der Waals surface area contributed by atoms with Gasteiger partial charge in [-0.15, -0.1) is 0 Å². The molecule has 0 bridgehead atoms. The minimum absolute atomic E-state index is 0.0689. The molecule has 1 aliphatic heterocycles. The third-order valence-electron chi connectivity index (χ3n) is 3.68. The summed E-state index contributed by atoms with van der Waals surface area (Å²) in [7, 11) is 3.98. The molecule has 1 aromatic carbocycles. The molecule has 0 aliphatic carbocycles. The molecule has 1 amide bonds. The van der Waals surface area contributed by atoms with Crippen LogP contribution >= 0.6 is 0 Å². The highest BCUT2D eigenvalue weighted by molar-refractivity contribution is 5.81. The van der Waals surface area contributed by atoms with Crippen LogP contribution in [-0.4, -0.2) is 44.2 Å². The number of nitrogens with one attached hydrogen (secondary N) is 1. The van der Waals surface area contributed by atoms with Crippen molar-refractivity contribution in [2.45, 2.75) is 31.4 Å². The maximum absolute atomic E-state index is 13.1. The Morgan fingerprint density at radius 2 is 2.14 bits per heavy atom. The first-order valence-corrected chi connectivity index (χ1v) is 7.38. The summed E-state index contributed by atoms with van der Waals surface area (Å²) in [5.41, 5.74) is 0.921. The molecular formula is C16H23FN2O2. The lowest BCUT2D eigenvalue weighted by atomic mass is 10.0. The van der Waals surface area contributed by atoms with Gasteiger partial charge in [-0.2, -0.15) is 0 Å². The molecule has 116 valence electrons. The van der Waals surface area contributed by atoms with Crippen LogP contribution in [0.4, 0.5) is 4.39 Å². The zero-order valence-electron chi connectivity index (χ0n) is 12.6. The molecule has 1 fully saturated rings. The number of rotatable bonds is 6. The highest BCUT2D eigenvalue weighted by Crippen LogP contribution is 2.20. The lowest BCUT2D eigenvalue weighted by Gasteiger charge is -2.22. The van der Waals surface area contributed by atoms with Crippen molar-refractivity contribution < 1.29 is 13.9 Å². The monoisotopic (exact) mass is 294 g/mol. The number of ether oxygens (including phenoxy) is 1. The van der Waals surface area contributed by atoms with Crippen molar-refractivity contribution in [3.05, 3.63) is 35.6 Å². The summed E-state index contributed by atoms with van der Waals surface area (Å²) in [5.74, 6) is -0.337. The van der Waals surface area contributed by atoms with E-state index in [9.17, 15) is 9.18 Å². The van der Waals surface area contributed by atoms with Crippen molar-refractivity contribution in [1.29, 1.82) is 0 Å². The second-order valence-electron chi connectivity index (χ2n) is 5.71. The fourth-order valence-corrected chi connectivity index (χ4v) is 2.45. The average Bonchev–Trinajstić information content (AvgIpc) is 2.98. The van der Waals surface area contributed by atoms with Gasteiger partial charge in [0.1, 0.15) is 11.9 Å². The number of carbonyl (C=O) groups is 1. The number of hydrogen-bond donors (Lipinski definition) is 1. The molecule has 2 rings (SSSR count). The van der Waals surface area contributed by atoms with Crippen LogP contribution in [0.15, 0.2) is 24.3 Å². The SMILES string of the molecule is CN(C)CC[C@@H](NC(=O)[C@@H]1CCCO1)c1ccc(F)cc1. The zero-order valence-corrected chi connectivity index (χ0v) is 12.6. The van der Waals surface area contributed by atoms with Crippen LogP contribution in [0, 0.1) is 5.82 Å². The minimum atomic E-state index is -0.340. The van der Waals surface area contributed by atoms with E-state index < -0.39 is 0 Å². The summed E-state index contributed by atoms with van der Waals surface area (Å²) in [6.07, 6.45) is 2.14. The first-order chi connectivity index (χ1) is 10.1. The van der Waals surface area contributed by atoms with Gasteiger partial charge in [0.2, 0.25) is 5.91 Å². The molecule has 4 nitrogen and oxygen atoms in total. The number of nitrogens with zero attached hydrogens (tertiary/aromatic N) is 1. The van der Waals surface area contributed by atoms with Crippen molar-refractivity contribution in [2.24, 2.45) is 0 Å². The summed E-state index contributed by atoms with van der Waals surface area (Å²) in [4.78, 5) is 14.3. The van der Waals surface area contributed by atoms with E-state index in [2.05, 4.69) is 10.2 Å². The van der Waals surface area contributed by atoms with Gasteiger partial charge in [-0.25, -0.2) is 4.39 Å². The molecule has 1 heterocycles. The first-order valence-electron chi connectivity index (χ1n) is 7.38. The summed E-state index contributed by atoms with van der Waals surface area (Å²) in [6, 6.07) is 6.19. The van der Waals surface area contributed by atoms with Gasteiger partial charge >= 0.3 is 0 Å². The van der Waals surface area contributed by atoms with E-state index >= 15 is 0 Å². The number of hydrogen-bond acceptors (Lipinski definition) is 3. The molecule has 0 unspecified atom stereocenters. The Bertz CT molecular complexity index is 456. The van der Waals surface area contributed by atoms with E-state index in [1.165, 1.54) is 12.1 Å². The highest BCUT2D eigenvalue weighted by atomic mass is 19.1. The van der Waals surface area contributed by atoms with Gasteiger partial charge in [-0.1, -0.05) is 12.1 Å². The smallest absolute Gasteiger partial charge is 0.249 e. The van der Waals surface area contributed by atoms with Gasteiger partial charge in [-0.05, 0) is 57.6 Å². The largest absolute Gasteiger partial charge is 0.368 e. The van der Waals surface area contributed by atoms with Gasteiger partial charge in [0.25, 0.3) is 0 Å². The van der Waals surface area contributed by atoms with Crippen LogP contribution in [0.25, 0.3) is 0 Å². The summed E-state index contributed by atoms with van der Waals surface area (Å²) >= 11 is 0. The van der Waals surface area contributed by atoms with Gasteiger partial charge < -0.3 is 15.0 Å². The number of carbonyl (C=O) groups excluding carboxylic acids is 1. The molecule has 1 N–H and O–H groups in total. The lowest BCUT2D eigenvalue weighted by Crippen LogP contribution is -2.37. The van der Waals surface area contributed by atoms with Gasteiger partial charge in [-0.3, -0.25) is 4.79 Å². The Kier molecular flexibility index (Phi) is 5.70. The zero-order chi connectivity index (χ0) is 15.2. The molecule has 21 heavy (non-hydrogen) atoms. The summed E-state index contributed by atoms with van der Waals surface area (Å²) in [6.45, 7) is 1.49. The molecule has 5 heteroatoms. The second kappa shape index (κ2) is 7.52. The Hall–Kier alpha value is -1.46. The topological polar surface area (TPSA) is 41.6 Å². The molecule has 2 atom stereocenters. The van der Waals surface area contributed by atoms with E-state index in [1.54, 1.807) is 12.1 Å². The third kappa shape index (κ3) is 4.79. The molecule has 0 saturated carbocycles. The fourth-order valence-electron chi connectivity index (χ4n) is 2.45. The number of benzene rings is 1. The minimum Gasteiger partial charge on any atom is -0.368 e. The van der Waals surface area contributed by atoms with E-state index in [4.69, 9.17) is 4.74 Å². The normalized spacial score (nSPS) is 19.7. The Labute approximate surface area is 125 Å². The van der Waals surface area contributed by atoms with Crippen molar-refractivity contribution >= 4 is 5.91 Å². The molecular weight excluding hydrogens is 271 g/mol. The Morgan fingerprint density at radius 1 is 1.43 bits per heavy atom. The van der Waals surface area contributed by atoms with Crippen LogP contribution < -0.4 is 5.32 Å². The van der Waals surface area contributed by atoms with Crippen LogP contribution in [0.1, 0.15) is 30.9 Å². The van der Waals surface area contributed by atoms with E-state index in [1.807, 2.05) is 14.1 Å². The number of halogens is 1. The van der Waals surface area contributed by atoms with E-state index in [-0.39, 0.29) is 23.9 Å². The molecule has 1 aromatic rings. The standard InChI is InChI=1S/C16H23FN2O2/c1-19(2)10-9-14(12-5-7-13(17)8-6-12)18-16(20)15-4-3-11-21-15/h5-8,14-15H,3-4,9-11H2,1-2H3,(H,18,20)/t14-,15+/m1/s1. The van der Waals surface area contributed by atoms with Crippen molar-refractivity contribution in [2.75, 3.05) is 27.2 Å². The summed E-state index contributed by atoms with van der Waals surface area (Å²) in [5, 5.41) is 3.04. The van der Waals surface area contributed by atoms with Crippen LogP contribution in [0.3, 0.4) is 0 Å². The van der Waals surface area contributed by atoms with E-state index in [0.717, 1.165) is 31.4 Å². The second-order valence-corrected chi connectivity index (χ2v) is 5.71. The van der Waals surface area contributed by atoms with Crippen molar-refractivity contribution in [3.8, 4) is 0 Å². The first kappa shape index (κ1) is 15.9. The maximum Gasteiger partial charge on any atom is 0.249 e. The van der Waals surface area contributed by atoms with Crippen molar-refractivity contribution in [3.63, 3.8) is 0 Å². The molecule has 0 aromatic heterocycles. The molecule has 0 spiro atoms. The lowest BCUT2D eigenvalue weighted by molar-refractivity contribution is -0.130. The van der Waals surface area contributed by atoms with Crippen molar-refractivity contribution in [1.82, 2.24) is 10.2 Å². The molecule has 1 saturated heterocycles. The van der Waals surface area contributed by atoms with Gasteiger partial charge in [0, 0.05) is 6.61 Å². The molecule has 1 aliphatic rings. The number of amides is 1. The van der Waals surface area contributed by atoms with Gasteiger partial charge in [0.15, 0.2) is 0 Å². The highest BCUT2D eigenvalue weighted by Gasteiger charge is 2.26. The van der Waals surface area contributed by atoms with Crippen LogP contribution in [0.2, 0.25) is 0 Å². The van der Waals surface area contributed by atoms with Crippen LogP contribution in [-0.2, 0) is 9.53 Å². The molecule has 0 radical (unpaired) electrons. The summed E-state index contributed by atoms with van der Waals surface area (Å²) < 4.78 is 18.5. The quantitative estimate of drug-likeness (QED) is 0.874.